The highest BCUT2D eigenvalue weighted by atomic mass is 79.9. The van der Waals surface area contributed by atoms with Crippen LogP contribution >= 0.6 is 15.9 Å². The van der Waals surface area contributed by atoms with E-state index in [4.69, 9.17) is 0 Å². The van der Waals surface area contributed by atoms with Crippen molar-refractivity contribution in [2.45, 2.75) is 25.4 Å². The fraction of sp³-hybridized carbons (Fsp3) is 0.267. The van der Waals surface area contributed by atoms with Gasteiger partial charge < -0.3 is 16.0 Å². The minimum Gasteiger partial charge on any atom is -0.352 e. The summed E-state index contributed by atoms with van der Waals surface area (Å²) in [5.74, 6) is -0.509. The van der Waals surface area contributed by atoms with Gasteiger partial charge in [-0.1, -0.05) is 0 Å². The number of hydrogen-bond acceptors (Lipinski definition) is 3. The second-order valence-electron chi connectivity index (χ2n) is 5.47. The first kappa shape index (κ1) is 16.4. The smallest absolute Gasteiger partial charge is 0.323 e. The van der Waals surface area contributed by atoms with Crippen molar-refractivity contribution in [2.75, 3.05) is 10.6 Å². The molecule has 1 heterocycles. The lowest BCUT2D eigenvalue weighted by molar-refractivity contribution is -0.122. The van der Waals surface area contributed by atoms with Crippen LogP contribution in [0.5, 0.6) is 0 Å². The highest BCUT2D eigenvalue weighted by Crippen LogP contribution is 2.23. The maximum atomic E-state index is 13.0. The molecule has 1 fully saturated rings. The SMILES string of the molecule is O=C(Cn1cc(NC(=O)Nc2ccc(F)cc2Br)cn1)NC1CC1. The largest absolute Gasteiger partial charge is 0.352 e. The third-order valence-corrected chi connectivity index (χ3v) is 3.97. The fourth-order valence-corrected chi connectivity index (χ4v) is 2.49. The number of benzene rings is 1. The van der Waals surface area contributed by atoms with E-state index in [2.05, 4.69) is 37.0 Å². The number of hydrogen-bond donors (Lipinski definition) is 3. The number of urea groups is 1. The second kappa shape index (κ2) is 7.00. The van der Waals surface area contributed by atoms with Crippen molar-refractivity contribution in [2.24, 2.45) is 0 Å². The lowest BCUT2D eigenvalue weighted by Gasteiger charge is -2.07. The maximum absolute atomic E-state index is 13.0. The quantitative estimate of drug-likeness (QED) is 0.726. The van der Waals surface area contributed by atoms with Crippen LogP contribution in [-0.4, -0.2) is 27.8 Å². The van der Waals surface area contributed by atoms with Gasteiger partial charge in [0.15, 0.2) is 0 Å². The number of halogens is 2. The number of carbonyl (C=O) groups excluding carboxylic acids is 2. The molecule has 1 saturated carbocycles. The second-order valence-corrected chi connectivity index (χ2v) is 6.33. The fourth-order valence-electron chi connectivity index (χ4n) is 2.04. The number of amides is 3. The van der Waals surface area contributed by atoms with E-state index < -0.39 is 11.8 Å². The molecule has 1 aromatic carbocycles. The van der Waals surface area contributed by atoms with Crippen molar-refractivity contribution in [1.29, 1.82) is 0 Å². The van der Waals surface area contributed by atoms with Crippen LogP contribution in [-0.2, 0) is 11.3 Å². The Morgan fingerprint density at radius 1 is 1.33 bits per heavy atom. The molecule has 0 bridgehead atoms. The van der Waals surface area contributed by atoms with E-state index >= 15 is 0 Å². The van der Waals surface area contributed by atoms with E-state index in [1.807, 2.05) is 0 Å². The molecule has 3 amide bonds. The molecule has 0 radical (unpaired) electrons. The topological polar surface area (TPSA) is 88.1 Å². The minimum absolute atomic E-state index is 0.101. The molecule has 9 heteroatoms. The van der Waals surface area contributed by atoms with E-state index in [9.17, 15) is 14.0 Å². The summed E-state index contributed by atoms with van der Waals surface area (Å²) in [6, 6.07) is 3.75. The molecule has 0 spiro atoms. The lowest BCUT2D eigenvalue weighted by Crippen LogP contribution is -2.29. The van der Waals surface area contributed by atoms with Crippen LogP contribution in [0.4, 0.5) is 20.6 Å². The summed E-state index contributed by atoms with van der Waals surface area (Å²) in [6.45, 7) is 0.101. The molecule has 1 aliphatic rings. The zero-order valence-corrected chi connectivity index (χ0v) is 14.1. The molecule has 0 atom stereocenters. The van der Waals surface area contributed by atoms with Crippen LogP contribution in [0.2, 0.25) is 0 Å². The van der Waals surface area contributed by atoms with Crippen LogP contribution in [0, 0.1) is 5.82 Å². The Labute approximate surface area is 145 Å². The van der Waals surface area contributed by atoms with Gasteiger partial charge >= 0.3 is 6.03 Å². The normalized spacial score (nSPS) is 13.4. The number of nitrogens with zero attached hydrogens (tertiary/aromatic N) is 2. The molecule has 1 aromatic heterocycles. The van der Waals surface area contributed by atoms with E-state index in [0.717, 1.165) is 12.8 Å². The van der Waals surface area contributed by atoms with Gasteiger partial charge in [-0.2, -0.15) is 5.10 Å². The van der Waals surface area contributed by atoms with E-state index in [1.165, 1.54) is 29.1 Å². The number of nitrogens with one attached hydrogen (secondary N) is 3. The molecule has 0 saturated heterocycles. The Morgan fingerprint density at radius 2 is 2.12 bits per heavy atom. The molecule has 126 valence electrons. The van der Waals surface area contributed by atoms with Gasteiger partial charge in [-0.05, 0) is 47.0 Å². The zero-order valence-electron chi connectivity index (χ0n) is 12.6. The maximum Gasteiger partial charge on any atom is 0.323 e. The highest BCUT2D eigenvalue weighted by molar-refractivity contribution is 9.10. The molecule has 7 nitrogen and oxygen atoms in total. The van der Waals surface area contributed by atoms with Crippen molar-refractivity contribution >= 4 is 39.2 Å². The molecule has 3 N–H and O–H groups in total. The van der Waals surface area contributed by atoms with Crippen molar-refractivity contribution in [3.8, 4) is 0 Å². The van der Waals surface area contributed by atoms with E-state index in [0.29, 0.717) is 21.9 Å². The summed E-state index contributed by atoms with van der Waals surface area (Å²) < 4.78 is 14.9. The van der Waals surface area contributed by atoms with Gasteiger partial charge in [0.25, 0.3) is 0 Å². The molecule has 0 unspecified atom stereocenters. The zero-order chi connectivity index (χ0) is 17.1. The summed E-state index contributed by atoms with van der Waals surface area (Å²) in [7, 11) is 0. The Balaban J connectivity index is 1.53. The number of carbonyl (C=O) groups is 2. The standard InChI is InChI=1S/C15H15BrFN5O2/c16-12-5-9(17)1-4-13(12)21-15(24)20-11-6-18-22(7-11)8-14(23)19-10-2-3-10/h1,4-7,10H,2-3,8H2,(H,19,23)(H2,20,21,24). The first-order valence-electron chi connectivity index (χ1n) is 7.34. The van der Waals surface area contributed by atoms with Gasteiger partial charge in [0.05, 0.1) is 17.6 Å². The first-order valence-corrected chi connectivity index (χ1v) is 8.14. The highest BCUT2D eigenvalue weighted by Gasteiger charge is 2.23. The van der Waals surface area contributed by atoms with Crippen LogP contribution in [0.25, 0.3) is 0 Å². The average Bonchev–Trinajstić information content (AvgIpc) is 3.21. The first-order chi connectivity index (χ1) is 11.5. The summed E-state index contributed by atoms with van der Waals surface area (Å²) in [5.41, 5.74) is 0.884. The summed E-state index contributed by atoms with van der Waals surface area (Å²) in [4.78, 5) is 23.6. The molecule has 0 aliphatic heterocycles. The Bertz CT molecular complexity index is 775. The van der Waals surface area contributed by atoms with Crippen molar-refractivity contribution < 1.29 is 14.0 Å². The number of anilines is 2. The van der Waals surface area contributed by atoms with Crippen molar-refractivity contribution in [1.82, 2.24) is 15.1 Å². The summed E-state index contributed by atoms with van der Waals surface area (Å²) in [5, 5.41) is 12.1. The van der Waals surface area contributed by atoms with Gasteiger partial charge in [-0.25, -0.2) is 9.18 Å². The predicted molar refractivity (Wildman–Crippen MR) is 90.1 cm³/mol. The van der Waals surface area contributed by atoms with Gasteiger partial charge in [-0.3, -0.25) is 9.48 Å². The average molecular weight is 396 g/mol. The molecule has 24 heavy (non-hydrogen) atoms. The van der Waals surface area contributed by atoms with Crippen molar-refractivity contribution in [3.63, 3.8) is 0 Å². The molecule has 1 aliphatic carbocycles. The van der Waals surface area contributed by atoms with Crippen LogP contribution in [0.1, 0.15) is 12.8 Å². The van der Waals surface area contributed by atoms with Crippen LogP contribution < -0.4 is 16.0 Å². The summed E-state index contributed by atoms with van der Waals surface area (Å²) >= 11 is 3.17. The predicted octanol–water partition coefficient (Wildman–Crippen LogP) is 2.71. The molecular weight excluding hydrogens is 381 g/mol. The Hall–Kier alpha value is -2.42. The molecular formula is C15H15BrFN5O2. The Morgan fingerprint density at radius 3 is 2.83 bits per heavy atom. The van der Waals surface area contributed by atoms with Gasteiger partial charge in [-0.15, -0.1) is 0 Å². The van der Waals surface area contributed by atoms with Gasteiger partial charge in [0, 0.05) is 16.7 Å². The van der Waals surface area contributed by atoms with Gasteiger partial charge in [0.1, 0.15) is 12.4 Å². The molecule has 2 aromatic rings. The van der Waals surface area contributed by atoms with Crippen molar-refractivity contribution in [3.05, 3.63) is 40.9 Å². The number of aromatic nitrogens is 2. The van der Waals surface area contributed by atoms with E-state index in [-0.39, 0.29) is 12.5 Å². The van der Waals surface area contributed by atoms with Gasteiger partial charge in [0.2, 0.25) is 5.91 Å². The van der Waals surface area contributed by atoms with Crippen LogP contribution in [0.3, 0.4) is 0 Å². The van der Waals surface area contributed by atoms with E-state index in [1.54, 1.807) is 6.20 Å². The third kappa shape index (κ3) is 4.54. The Kier molecular flexibility index (Phi) is 4.79. The monoisotopic (exact) mass is 395 g/mol. The summed E-state index contributed by atoms with van der Waals surface area (Å²) in [6.07, 6.45) is 5.06. The number of rotatable bonds is 5. The van der Waals surface area contributed by atoms with Crippen LogP contribution in [0.15, 0.2) is 35.1 Å². The third-order valence-electron chi connectivity index (χ3n) is 3.32. The lowest BCUT2D eigenvalue weighted by atomic mass is 10.3. The molecule has 3 rings (SSSR count). The minimum atomic E-state index is -0.496.